The Morgan fingerprint density at radius 1 is 1.14 bits per heavy atom. The molecule has 22 heavy (non-hydrogen) atoms. The minimum absolute atomic E-state index is 0.109. The summed E-state index contributed by atoms with van der Waals surface area (Å²) in [6.07, 6.45) is 3.19. The molecule has 0 atom stereocenters. The second kappa shape index (κ2) is 5.81. The molecule has 114 valence electrons. The van der Waals surface area contributed by atoms with Gasteiger partial charge < -0.3 is 5.11 Å². The maximum absolute atomic E-state index is 12.0. The van der Waals surface area contributed by atoms with Crippen LogP contribution in [0.5, 0.6) is 5.75 Å². The molecule has 0 bridgehead atoms. The minimum Gasteiger partial charge on any atom is -0.507 e. The number of rotatable bonds is 2. The first-order chi connectivity index (χ1) is 10.5. The second-order valence-corrected chi connectivity index (χ2v) is 6.48. The molecule has 3 rings (SSSR count). The van der Waals surface area contributed by atoms with Gasteiger partial charge in [0.25, 0.3) is 11.8 Å². The van der Waals surface area contributed by atoms with Crippen LogP contribution in [0.3, 0.4) is 0 Å². The molecule has 1 heterocycles. The van der Waals surface area contributed by atoms with Crippen LogP contribution in [-0.4, -0.2) is 16.9 Å². The van der Waals surface area contributed by atoms with E-state index in [4.69, 9.17) is 0 Å². The summed E-state index contributed by atoms with van der Waals surface area (Å²) in [7, 11) is 0. The van der Waals surface area contributed by atoms with Gasteiger partial charge in [0.2, 0.25) is 0 Å². The zero-order valence-corrected chi connectivity index (χ0v) is 12.9. The third-order valence-corrected chi connectivity index (χ3v) is 4.89. The number of amides is 2. The van der Waals surface area contributed by atoms with Gasteiger partial charge in [-0.05, 0) is 55.5 Å². The van der Waals surface area contributed by atoms with E-state index in [0.29, 0.717) is 4.88 Å². The van der Waals surface area contributed by atoms with Crippen molar-refractivity contribution in [3.63, 3.8) is 0 Å². The van der Waals surface area contributed by atoms with Crippen LogP contribution >= 0.6 is 11.3 Å². The minimum atomic E-state index is -0.546. The molecular weight excluding hydrogens is 300 g/mol. The number of thiophene rings is 1. The average Bonchev–Trinajstić information content (AvgIpc) is 3.05. The predicted molar refractivity (Wildman–Crippen MR) is 84.1 cm³/mol. The summed E-state index contributed by atoms with van der Waals surface area (Å²) in [6.45, 7) is 1.82. The fraction of sp³-hybridized carbons (Fsp3) is 0.250. The van der Waals surface area contributed by atoms with E-state index < -0.39 is 5.91 Å². The van der Waals surface area contributed by atoms with E-state index in [-0.39, 0.29) is 17.2 Å². The quantitative estimate of drug-likeness (QED) is 0.744. The van der Waals surface area contributed by atoms with Crippen molar-refractivity contribution in [2.45, 2.75) is 26.2 Å². The smallest absolute Gasteiger partial charge is 0.279 e. The third-order valence-electron chi connectivity index (χ3n) is 3.66. The van der Waals surface area contributed by atoms with Gasteiger partial charge in [-0.2, -0.15) is 0 Å². The molecule has 0 fully saturated rings. The van der Waals surface area contributed by atoms with Crippen LogP contribution in [0.25, 0.3) is 0 Å². The molecular formula is C16H16N2O3S. The molecule has 0 radical (unpaired) electrons. The number of hydrogen-bond donors (Lipinski definition) is 3. The van der Waals surface area contributed by atoms with Crippen molar-refractivity contribution in [1.29, 1.82) is 0 Å². The van der Waals surface area contributed by atoms with Crippen LogP contribution in [-0.2, 0) is 12.8 Å². The zero-order valence-electron chi connectivity index (χ0n) is 12.1. The van der Waals surface area contributed by atoms with Gasteiger partial charge in [-0.3, -0.25) is 20.4 Å². The molecule has 1 aliphatic rings. The van der Waals surface area contributed by atoms with Gasteiger partial charge in [0.05, 0.1) is 10.4 Å². The van der Waals surface area contributed by atoms with Crippen LogP contribution in [0, 0.1) is 6.92 Å². The van der Waals surface area contributed by atoms with E-state index in [1.165, 1.54) is 33.9 Å². The average molecular weight is 316 g/mol. The van der Waals surface area contributed by atoms with Gasteiger partial charge in [0.1, 0.15) is 5.75 Å². The van der Waals surface area contributed by atoms with E-state index in [2.05, 4.69) is 10.9 Å². The monoisotopic (exact) mass is 316 g/mol. The number of fused-ring (bicyclic) bond motifs is 1. The van der Waals surface area contributed by atoms with Crippen molar-refractivity contribution in [1.82, 2.24) is 10.9 Å². The maximum atomic E-state index is 12.0. The van der Waals surface area contributed by atoms with Crippen molar-refractivity contribution >= 4 is 23.2 Å². The number of hydrogen-bond acceptors (Lipinski definition) is 4. The van der Waals surface area contributed by atoms with Crippen molar-refractivity contribution in [2.24, 2.45) is 0 Å². The molecule has 5 nitrogen and oxygen atoms in total. The van der Waals surface area contributed by atoms with Crippen LogP contribution in [0.1, 0.15) is 42.5 Å². The number of phenolic OH excluding ortho intramolecular Hbond substituents is 1. The lowest BCUT2D eigenvalue weighted by molar-refractivity contribution is 0.0847. The van der Waals surface area contributed by atoms with Crippen LogP contribution < -0.4 is 10.9 Å². The topological polar surface area (TPSA) is 78.4 Å². The van der Waals surface area contributed by atoms with Gasteiger partial charge >= 0.3 is 0 Å². The van der Waals surface area contributed by atoms with E-state index in [1.807, 2.05) is 13.0 Å². The van der Waals surface area contributed by atoms with Gasteiger partial charge in [-0.25, -0.2) is 0 Å². The number of carbonyl (C=O) groups is 2. The Bertz CT molecular complexity index is 730. The first kappa shape index (κ1) is 14.6. The molecule has 3 N–H and O–H groups in total. The van der Waals surface area contributed by atoms with Gasteiger partial charge in [0.15, 0.2) is 0 Å². The number of benzene rings is 1. The van der Waals surface area contributed by atoms with Gasteiger partial charge in [-0.1, -0.05) is 6.07 Å². The maximum Gasteiger partial charge on any atom is 0.279 e. The normalized spacial score (nSPS) is 12.8. The van der Waals surface area contributed by atoms with Crippen molar-refractivity contribution in [2.75, 3.05) is 0 Å². The van der Waals surface area contributed by atoms with Gasteiger partial charge in [0, 0.05) is 4.88 Å². The zero-order chi connectivity index (χ0) is 15.7. The summed E-state index contributed by atoms with van der Waals surface area (Å²) in [5.74, 6) is -0.990. The molecule has 0 saturated carbocycles. The largest absolute Gasteiger partial charge is 0.507 e. The standard InChI is InChI=1S/C16H16N2O3S/c1-9-5-6-11(12(19)7-9)15(20)17-18-16(21)14-8-10-3-2-4-13(10)22-14/h5-8,19H,2-4H2,1H3,(H,17,20)(H,18,21). The molecule has 1 aromatic carbocycles. The molecule has 0 unspecified atom stereocenters. The Morgan fingerprint density at radius 2 is 1.91 bits per heavy atom. The Kier molecular flexibility index (Phi) is 3.85. The predicted octanol–water partition coefficient (Wildman–Crippen LogP) is 2.33. The Labute approximate surface area is 131 Å². The number of aryl methyl sites for hydroxylation is 3. The van der Waals surface area contributed by atoms with Crippen molar-refractivity contribution in [3.8, 4) is 5.75 Å². The van der Waals surface area contributed by atoms with E-state index in [9.17, 15) is 14.7 Å². The van der Waals surface area contributed by atoms with Gasteiger partial charge in [-0.15, -0.1) is 11.3 Å². The lowest BCUT2D eigenvalue weighted by atomic mass is 10.1. The number of phenols is 1. The molecule has 0 saturated heterocycles. The Morgan fingerprint density at radius 3 is 2.64 bits per heavy atom. The fourth-order valence-electron chi connectivity index (χ4n) is 2.52. The molecule has 0 spiro atoms. The van der Waals surface area contributed by atoms with E-state index >= 15 is 0 Å². The molecule has 0 aliphatic heterocycles. The van der Waals surface area contributed by atoms with E-state index in [0.717, 1.165) is 24.8 Å². The Hall–Kier alpha value is -2.34. The number of aromatic hydroxyl groups is 1. The molecule has 6 heteroatoms. The molecule has 1 aromatic heterocycles. The number of carbonyl (C=O) groups excluding carboxylic acids is 2. The first-order valence-corrected chi connectivity index (χ1v) is 7.88. The fourth-order valence-corrected chi connectivity index (χ4v) is 3.67. The Balaban J connectivity index is 1.63. The lowest BCUT2D eigenvalue weighted by Crippen LogP contribution is -2.41. The summed E-state index contributed by atoms with van der Waals surface area (Å²) in [6, 6.07) is 6.63. The number of hydrazine groups is 1. The SMILES string of the molecule is Cc1ccc(C(=O)NNC(=O)c2cc3c(s2)CCC3)c(O)c1. The molecule has 2 amide bonds. The number of nitrogens with one attached hydrogen (secondary N) is 2. The highest BCUT2D eigenvalue weighted by Gasteiger charge is 2.19. The van der Waals surface area contributed by atoms with Crippen molar-refractivity contribution < 1.29 is 14.7 Å². The van der Waals surface area contributed by atoms with E-state index in [1.54, 1.807) is 6.07 Å². The first-order valence-electron chi connectivity index (χ1n) is 7.06. The summed E-state index contributed by atoms with van der Waals surface area (Å²) in [5.41, 5.74) is 6.93. The summed E-state index contributed by atoms with van der Waals surface area (Å²) < 4.78 is 0. The lowest BCUT2D eigenvalue weighted by Gasteiger charge is -2.08. The van der Waals surface area contributed by atoms with Crippen LogP contribution in [0.4, 0.5) is 0 Å². The third kappa shape index (κ3) is 2.82. The van der Waals surface area contributed by atoms with Crippen LogP contribution in [0.2, 0.25) is 0 Å². The molecule has 1 aliphatic carbocycles. The second-order valence-electron chi connectivity index (χ2n) is 5.34. The summed E-state index contributed by atoms with van der Waals surface area (Å²) >= 11 is 1.47. The highest BCUT2D eigenvalue weighted by Crippen LogP contribution is 2.30. The highest BCUT2D eigenvalue weighted by molar-refractivity contribution is 7.14. The summed E-state index contributed by atoms with van der Waals surface area (Å²) in [4.78, 5) is 25.9. The molecule has 2 aromatic rings. The van der Waals surface area contributed by atoms with Crippen molar-refractivity contribution in [3.05, 3.63) is 50.7 Å². The highest BCUT2D eigenvalue weighted by atomic mass is 32.1. The summed E-state index contributed by atoms with van der Waals surface area (Å²) in [5, 5.41) is 9.75. The van der Waals surface area contributed by atoms with Crippen LogP contribution in [0.15, 0.2) is 24.3 Å².